The molecule has 1 aromatic heterocycles. The number of aromatic amines is 1. The van der Waals surface area contributed by atoms with E-state index in [-0.39, 0.29) is 18.5 Å². The van der Waals surface area contributed by atoms with Gasteiger partial charge in [0.15, 0.2) is 6.61 Å². The van der Waals surface area contributed by atoms with Crippen LogP contribution >= 0.6 is 0 Å². The Bertz CT molecular complexity index is 1080. The number of carbonyl (C=O) groups is 2. The molecule has 2 aromatic carbocycles. The van der Waals surface area contributed by atoms with Crippen LogP contribution in [0.5, 0.6) is 0 Å². The lowest BCUT2D eigenvalue weighted by Gasteiger charge is -2.17. The summed E-state index contributed by atoms with van der Waals surface area (Å²) < 4.78 is 18.7. The molecule has 144 valence electrons. The van der Waals surface area contributed by atoms with Gasteiger partial charge in [-0.1, -0.05) is 36.4 Å². The molecule has 0 spiro atoms. The number of rotatable bonds is 6. The smallest absolute Gasteiger partial charge is 0.312 e. The number of hydrogen-bond donors (Lipinski definition) is 1. The Morgan fingerprint density at radius 1 is 1.11 bits per heavy atom. The van der Waals surface area contributed by atoms with Gasteiger partial charge in [-0.2, -0.15) is 5.10 Å². The highest BCUT2D eigenvalue weighted by Crippen LogP contribution is 2.13. The number of aromatic nitrogens is 2. The number of fused-ring (bicyclic) bond motifs is 1. The standard InChI is InChI=1S/C20H18FN3O4/c1-24(11-13-6-2-5-9-16(13)21)18(25)12-28-19(26)10-17-14-7-3-4-8-15(14)20(27)23-22-17/h2-9H,10-12H2,1H3,(H,23,27). The average molecular weight is 383 g/mol. The van der Waals surface area contributed by atoms with Crippen LogP contribution in [-0.4, -0.2) is 40.6 Å². The van der Waals surface area contributed by atoms with Gasteiger partial charge in [0.25, 0.3) is 11.5 Å². The topological polar surface area (TPSA) is 92.4 Å². The summed E-state index contributed by atoms with van der Waals surface area (Å²) in [6.07, 6.45) is -0.193. The number of esters is 1. The molecule has 0 unspecified atom stereocenters. The predicted molar refractivity (Wildman–Crippen MR) is 99.9 cm³/mol. The molecular formula is C20H18FN3O4. The third-order valence-corrected chi connectivity index (χ3v) is 4.23. The monoisotopic (exact) mass is 383 g/mol. The minimum Gasteiger partial charge on any atom is -0.455 e. The molecule has 0 saturated carbocycles. The molecule has 0 bridgehead atoms. The molecule has 0 aliphatic carbocycles. The van der Waals surface area contributed by atoms with Crippen molar-refractivity contribution in [1.29, 1.82) is 0 Å². The maximum absolute atomic E-state index is 13.7. The number of nitrogens with one attached hydrogen (secondary N) is 1. The first-order valence-electron chi connectivity index (χ1n) is 8.55. The fraction of sp³-hybridized carbons (Fsp3) is 0.200. The van der Waals surface area contributed by atoms with Gasteiger partial charge in [0, 0.05) is 24.5 Å². The zero-order chi connectivity index (χ0) is 20.1. The van der Waals surface area contributed by atoms with E-state index in [0.717, 1.165) is 0 Å². The zero-order valence-corrected chi connectivity index (χ0v) is 15.1. The third kappa shape index (κ3) is 4.40. The summed E-state index contributed by atoms with van der Waals surface area (Å²) in [5, 5.41) is 7.20. The summed E-state index contributed by atoms with van der Waals surface area (Å²) in [5.41, 5.74) is 0.374. The number of nitrogens with zero attached hydrogens (tertiary/aromatic N) is 2. The largest absolute Gasteiger partial charge is 0.455 e. The Kier molecular flexibility index (Phi) is 5.78. The molecule has 1 heterocycles. The second-order valence-corrected chi connectivity index (χ2v) is 6.22. The molecule has 0 aliphatic rings. The maximum atomic E-state index is 13.7. The number of benzene rings is 2. The highest BCUT2D eigenvalue weighted by atomic mass is 19.1. The second-order valence-electron chi connectivity index (χ2n) is 6.22. The fourth-order valence-electron chi connectivity index (χ4n) is 2.72. The summed E-state index contributed by atoms with van der Waals surface area (Å²) in [7, 11) is 1.50. The quantitative estimate of drug-likeness (QED) is 0.656. The van der Waals surface area contributed by atoms with E-state index in [4.69, 9.17) is 4.74 Å². The molecular weight excluding hydrogens is 365 g/mol. The molecule has 0 atom stereocenters. The Hall–Kier alpha value is -3.55. The fourth-order valence-corrected chi connectivity index (χ4v) is 2.72. The molecule has 3 rings (SSSR count). The lowest BCUT2D eigenvalue weighted by Crippen LogP contribution is -2.31. The third-order valence-electron chi connectivity index (χ3n) is 4.23. The van der Waals surface area contributed by atoms with Crippen molar-refractivity contribution in [2.75, 3.05) is 13.7 Å². The summed E-state index contributed by atoms with van der Waals surface area (Å²) in [4.78, 5) is 37.3. The lowest BCUT2D eigenvalue weighted by molar-refractivity contribution is -0.151. The first-order valence-corrected chi connectivity index (χ1v) is 8.55. The molecule has 28 heavy (non-hydrogen) atoms. The Morgan fingerprint density at radius 3 is 2.54 bits per heavy atom. The van der Waals surface area contributed by atoms with Crippen LogP contribution in [0.3, 0.4) is 0 Å². The van der Waals surface area contributed by atoms with Crippen molar-refractivity contribution in [1.82, 2.24) is 15.1 Å². The van der Waals surface area contributed by atoms with Gasteiger partial charge in [-0.05, 0) is 12.1 Å². The molecule has 1 N–H and O–H groups in total. The molecule has 0 fully saturated rings. The second kappa shape index (κ2) is 8.43. The van der Waals surface area contributed by atoms with Crippen molar-refractivity contribution in [2.45, 2.75) is 13.0 Å². The maximum Gasteiger partial charge on any atom is 0.312 e. The van der Waals surface area contributed by atoms with Crippen LogP contribution < -0.4 is 5.56 Å². The van der Waals surface area contributed by atoms with Gasteiger partial charge in [0.05, 0.1) is 17.5 Å². The van der Waals surface area contributed by atoms with Crippen molar-refractivity contribution in [3.8, 4) is 0 Å². The van der Waals surface area contributed by atoms with Crippen molar-refractivity contribution in [2.24, 2.45) is 0 Å². The van der Waals surface area contributed by atoms with Gasteiger partial charge < -0.3 is 9.64 Å². The minimum absolute atomic E-state index is 0.0647. The Morgan fingerprint density at radius 2 is 1.79 bits per heavy atom. The number of halogens is 1. The molecule has 3 aromatic rings. The number of likely N-dealkylation sites (N-methyl/N-ethyl adjacent to an activating group) is 1. The van der Waals surface area contributed by atoms with E-state index in [1.807, 2.05) is 0 Å². The number of hydrogen-bond acceptors (Lipinski definition) is 5. The number of ether oxygens (including phenoxy) is 1. The SMILES string of the molecule is CN(Cc1ccccc1F)C(=O)COC(=O)Cc1n[nH]c(=O)c2ccccc12. The van der Waals surface area contributed by atoms with E-state index in [2.05, 4.69) is 10.2 Å². The molecule has 0 saturated heterocycles. The zero-order valence-electron chi connectivity index (χ0n) is 15.1. The van der Waals surface area contributed by atoms with Crippen LogP contribution in [0.15, 0.2) is 53.3 Å². The van der Waals surface area contributed by atoms with E-state index < -0.39 is 24.3 Å². The molecule has 7 nitrogen and oxygen atoms in total. The number of carbonyl (C=O) groups excluding carboxylic acids is 2. The summed E-state index contributed by atoms with van der Waals surface area (Å²) in [6.45, 7) is -0.403. The van der Waals surface area contributed by atoms with Crippen molar-refractivity contribution >= 4 is 22.6 Å². The predicted octanol–water partition coefficient (Wildman–Crippen LogP) is 1.81. The average Bonchev–Trinajstić information content (AvgIpc) is 2.70. The van der Waals surface area contributed by atoms with Gasteiger partial charge >= 0.3 is 5.97 Å². The highest BCUT2D eigenvalue weighted by Gasteiger charge is 2.16. The highest BCUT2D eigenvalue weighted by molar-refractivity contribution is 5.87. The van der Waals surface area contributed by atoms with Crippen LogP contribution in [-0.2, 0) is 27.3 Å². The van der Waals surface area contributed by atoms with Crippen LogP contribution in [0.4, 0.5) is 4.39 Å². The van der Waals surface area contributed by atoms with Crippen LogP contribution in [0, 0.1) is 5.82 Å². The molecule has 0 radical (unpaired) electrons. The lowest BCUT2D eigenvalue weighted by atomic mass is 10.1. The normalized spacial score (nSPS) is 10.6. The van der Waals surface area contributed by atoms with Crippen molar-refractivity contribution < 1.29 is 18.7 Å². The molecule has 8 heteroatoms. The van der Waals surface area contributed by atoms with Crippen molar-refractivity contribution in [3.63, 3.8) is 0 Å². The van der Waals surface area contributed by atoms with Crippen LogP contribution in [0.25, 0.3) is 10.8 Å². The minimum atomic E-state index is -0.655. The van der Waals surface area contributed by atoms with Crippen molar-refractivity contribution in [3.05, 3.63) is 76.0 Å². The van der Waals surface area contributed by atoms with Gasteiger partial charge in [-0.3, -0.25) is 14.4 Å². The Balaban J connectivity index is 1.59. The molecule has 1 amide bonds. The van der Waals surface area contributed by atoms with E-state index in [1.54, 1.807) is 42.5 Å². The summed E-state index contributed by atoms with van der Waals surface area (Å²) >= 11 is 0. The first kappa shape index (κ1) is 19.2. The van der Waals surface area contributed by atoms with Crippen LogP contribution in [0.2, 0.25) is 0 Å². The number of H-pyrrole nitrogens is 1. The van der Waals surface area contributed by atoms with E-state index in [0.29, 0.717) is 22.0 Å². The summed E-state index contributed by atoms with van der Waals surface area (Å²) in [5.74, 6) is -1.52. The van der Waals surface area contributed by atoms with Gasteiger partial charge in [-0.25, -0.2) is 9.49 Å². The van der Waals surface area contributed by atoms with Gasteiger partial charge in [0.1, 0.15) is 5.82 Å². The van der Waals surface area contributed by atoms with E-state index >= 15 is 0 Å². The van der Waals surface area contributed by atoms with Gasteiger partial charge in [0.2, 0.25) is 0 Å². The first-order chi connectivity index (χ1) is 13.5. The molecule has 0 aliphatic heterocycles. The Labute approximate surface area is 159 Å². The number of amides is 1. The summed E-state index contributed by atoms with van der Waals surface area (Å²) in [6, 6.07) is 12.9. The van der Waals surface area contributed by atoms with Crippen LogP contribution in [0.1, 0.15) is 11.3 Å². The van der Waals surface area contributed by atoms with Gasteiger partial charge in [-0.15, -0.1) is 0 Å². The van der Waals surface area contributed by atoms with E-state index in [1.165, 1.54) is 18.0 Å². The van der Waals surface area contributed by atoms with E-state index in [9.17, 15) is 18.8 Å².